The maximum atomic E-state index is 13.2. The first-order valence-electron chi connectivity index (χ1n) is 12.0. The molecule has 0 bridgehead atoms. The molecular formula is C25H34N6O3. The van der Waals surface area contributed by atoms with Gasteiger partial charge in [-0.1, -0.05) is 12.1 Å². The highest BCUT2D eigenvalue weighted by Crippen LogP contribution is 2.33. The summed E-state index contributed by atoms with van der Waals surface area (Å²) in [5, 5.41) is 3.54. The van der Waals surface area contributed by atoms with Crippen molar-refractivity contribution in [1.29, 1.82) is 0 Å². The molecule has 0 saturated carbocycles. The van der Waals surface area contributed by atoms with Gasteiger partial charge < -0.3 is 24.8 Å². The number of hydrogen-bond donors (Lipinski definition) is 1. The lowest BCUT2D eigenvalue weighted by atomic mass is 10.1. The Balaban J connectivity index is 1.65. The van der Waals surface area contributed by atoms with E-state index in [-0.39, 0.29) is 23.9 Å². The molecule has 34 heavy (non-hydrogen) atoms. The number of carbonyl (C=O) groups excluding carboxylic acids is 2. The number of nitrogens with one attached hydrogen (secondary N) is 1. The van der Waals surface area contributed by atoms with Crippen molar-refractivity contribution >= 4 is 23.6 Å². The van der Waals surface area contributed by atoms with E-state index < -0.39 is 0 Å². The van der Waals surface area contributed by atoms with Crippen LogP contribution in [0.25, 0.3) is 0 Å². The van der Waals surface area contributed by atoms with Crippen LogP contribution in [-0.2, 0) is 11.3 Å². The molecule has 0 unspecified atom stereocenters. The van der Waals surface area contributed by atoms with Gasteiger partial charge >= 0.3 is 0 Å². The van der Waals surface area contributed by atoms with E-state index in [0.29, 0.717) is 56.8 Å². The summed E-state index contributed by atoms with van der Waals surface area (Å²) >= 11 is 0. The molecule has 1 aromatic carbocycles. The van der Waals surface area contributed by atoms with Crippen molar-refractivity contribution in [1.82, 2.24) is 19.8 Å². The molecule has 9 nitrogen and oxygen atoms in total. The zero-order chi connectivity index (χ0) is 24.4. The Bertz CT molecular complexity index is 1060. The van der Waals surface area contributed by atoms with Crippen molar-refractivity contribution in [3.05, 3.63) is 41.1 Å². The number of aromatic nitrogens is 2. The number of fused-ring (bicyclic) bond motifs is 1. The van der Waals surface area contributed by atoms with Crippen molar-refractivity contribution in [2.45, 2.75) is 53.2 Å². The third kappa shape index (κ3) is 4.78. The maximum Gasteiger partial charge on any atom is 0.273 e. The van der Waals surface area contributed by atoms with Crippen molar-refractivity contribution < 1.29 is 14.3 Å². The van der Waals surface area contributed by atoms with Crippen LogP contribution in [0, 0.1) is 0 Å². The van der Waals surface area contributed by atoms with Gasteiger partial charge in [0.25, 0.3) is 5.91 Å². The first-order valence-corrected chi connectivity index (χ1v) is 12.0. The summed E-state index contributed by atoms with van der Waals surface area (Å²) in [6.45, 7) is 13.2. The second-order valence-electron chi connectivity index (χ2n) is 9.09. The van der Waals surface area contributed by atoms with E-state index in [1.807, 2.05) is 48.8 Å². The quantitative estimate of drug-likeness (QED) is 0.671. The van der Waals surface area contributed by atoms with Crippen LogP contribution < -0.4 is 15.0 Å². The van der Waals surface area contributed by atoms with Crippen molar-refractivity contribution in [2.75, 3.05) is 43.0 Å². The van der Waals surface area contributed by atoms with E-state index >= 15 is 0 Å². The molecule has 4 rings (SSSR count). The number of hydrogen-bond acceptors (Lipinski definition) is 7. The van der Waals surface area contributed by atoms with Crippen LogP contribution in [0.15, 0.2) is 24.3 Å². The largest absolute Gasteiger partial charge is 0.494 e. The van der Waals surface area contributed by atoms with Crippen LogP contribution in [0.4, 0.5) is 11.8 Å². The lowest BCUT2D eigenvalue weighted by Crippen LogP contribution is -2.48. The molecule has 9 heteroatoms. The van der Waals surface area contributed by atoms with Crippen LogP contribution in [0.1, 0.15) is 62.3 Å². The SMILES string of the molecule is CCOc1cccc([C@@H](C)Nc2nc(N3CCN(C(C)=O)CC3)nc3c2CN(C(C)C)C3=O)c1. The van der Waals surface area contributed by atoms with Crippen molar-refractivity contribution in [3.63, 3.8) is 0 Å². The molecule has 1 atom stereocenters. The number of piperazine rings is 1. The lowest BCUT2D eigenvalue weighted by Gasteiger charge is -2.34. The lowest BCUT2D eigenvalue weighted by molar-refractivity contribution is -0.129. The molecule has 1 aromatic heterocycles. The van der Waals surface area contributed by atoms with E-state index in [1.165, 1.54) is 0 Å². The van der Waals surface area contributed by atoms with Gasteiger partial charge in [0.15, 0.2) is 0 Å². The average molecular weight is 467 g/mol. The van der Waals surface area contributed by atoms with Gasteiger partial charge in [-0.15, -0.1) is 0 Å². The highest BCUT2D eigenvalue weighted by atomic mass is 16.5. The average Bonchev–Trinajstić information content (AvgIpc) is 3.16. The van der Waals surface area contributed by atoms with Gasteiger partial charge in [-0.2, -0.15) is 4.98 Å². The van der Waals surface area contributed by atoms with Crippen LogP contribution in [0.2, 0.25) is 0 Å². The zero-order valence-electron chi connectivity index (χ0n) is 20.7. The molecule has 0 radical (unpaired) electrons. The number of nitrogens with zero attached hydrogens (tertiary/aromatic N) is 5. The van der Waals surface area contributed by atoms with E-state index in [9.17, 15) is 9.59 Å². The first kappa shape index (κ1) is 23.8. The number of anilines is 2. The Hall–Kier alpha value is -3.36. The van der Waals surface area contributed by atoms with Crippen LogP contribution in [0.5, 0.6) is 5.75 Å². The minimum absolute atomic E-state index is 0.0509. The Labute approximate surface area is 201 Å². The molecule has 0 spiro atoms. The van der Waals surface area contributed by atoms with E-state index in [2.05, 4.69) is 23.2 Å². The van der Waals surface area contributed by atoms with E-state index in [4.69, 9.17) is 14.7 Å². The molecule has 2 amide bonds. The van der Waals surface area contributed by atoms with Gasteiger partial charge in [-0.25, -0.2) is 4.98 Å². The smallest absolute Gasteiger partial charge is 0.273 e. The number of benzene rings is 1. The van der Waals surface area contributed by atoms with Gasteiger partial charge in [0.1, 0.15) is 17.3 Å². The summed E-state index contributed by atoms with van der Waals surface area (Å²) < 4.78 is 5.66. The molecule has 2 aliphatic rings. The summed E-state index contributed by atoms with van der Waals surface area (Å²) in [6.07, 6.45) is 0. The maximum absolute atomic E-state index is 13.2. The molecule has 1 fully saturated rings. The number of rotatable bonds is 7. The van der Waals surface area contributed by atoms with Crippen LogP contribution >= 0.6 is 0 Å². The molecule has 3 heterocycles. The minimum atomic E-state index is -0.0648. The van der Waals surface area contributed by atoms with Gasteiger partial charge in [0.05, 0.1) is 19.2 Å². The predicted molar refractivity (Wildman–Crippen MR) is 131 cm³/mol. The summed E-state index contributed by atoms with van der Waals surface area (Å²) in [7, 11) is 0. The fourth-order valence-corrected chi connectivity index (χ4v) is 4.40. The minimum Gasteiger partial charge on any atom is -0.494 e. The van der Waals surface area contributed by atoms with Gasteiger partial charge in [0.2, 0.25) is 11.9 Å². The van der Waals surface area contributed by atoms with Crippen molar-refractivity contribution in [3.8, 4) is 5.75 Å². The normalized spacial score (nSPS) is 16.6. The topological polar surface area (TPSA) is 90.9 Å². The molecule has 2 aliphatic heterocycles. The van der Waals surface area contributed by atoms with Crippen LogP contribution in [-0.4, -0.2) is 70.4 Å². The Morgan fingerprint density at radius 1 is 1.15 bits per heavy atom. The summed E-state index contributed by atoms with van der Waals surface area (Å²) in [5.41, 5.74) is 2.36. The number of amides is 2. The zero-order valence-corrected chi connectivity index (χ0v) is 20.7. The Kier molecular flexibility index (Phi) is 6.90. The van der Waals surface area contributed by atoms with Gasteiger partial charge in [0, 0.05) is 44.7 Å². The summed E-state index contributed by atoms with van der Waals surface area (Å²) in [4.78, 5) is 40.2. The third-order valence-electron chi connectivity index (χ3n) is 6.44. The van der Waals surface area contributed by atoms with E-state index in [0.717, 1.165) is 16.9 Å². The molecule has 1 N–H and O–H groups in total. The van der Waals surface area contributed by atoms with Crippen molar-refractivity contribution in [2.24, 2.45) is 0 Å². The molecule has 182 valence electrons. The molecule has 0 aliphatic carbocycles. The van der Waals surface area contributed by atoms with E-state index in [1.54, 1.807) is 6.92 Å². The summed E-state index contributed by atoms with van der Waals surface area (Å²) in [5.74, 6) is 2.04. The molecule has 2 aromatic rings. The highest BCUT2D eigenvalue weighted by Gasteiger charge is 2.35. The number of ether oxygens (including phenoxy) is 1. The fraction of sp³-hybridized carbons (Fsp3) is 0.520. The Morgan fingerprint density at radius 2 is 1.88 bits per heavy atom. The van der Waals surface area contributed by atoms with Crippen LogP contribution in [0.3, 0.4) is 0 Å². The third-order valence-corrected chi connectivity index (χ3v) is 6.44. The fourth-order valence-electron chi connectivity index (χ4n) is 4.40. The molecule has 1 saturated heterocycles. The van der Waals surface area contributed by atoms with Gasteiger partial charge in [-0.3, -0.25) is 9.59 Å². The second-order valence-corrected chi connectivity index (χ2v) is 9.09. The monoisotopic (exact) mass is 466 g/mol. The number of carbonyl (C=O) groups is 2. The molecular weight excluding hydrogens is 432 g/mol. The second kappa shape index (κ2) is 9.87. The standard InChI is InChI=1S/C25H34N6O3/c1-6-34-20-9-7-8-19(14-20)17(4)26-23-21-15-31(16(2)3)24(33)22(21)27-25(28-23)30-12-10-29(11-13-30)18(5)32/h7-9,14,16-17H,6,10-13,15H2,1-5H3,(H,26,27,28)/t17-/m1/s1. The summed E-state index contributed by atoms with van der Waals surface area (Å²) in [6, 6.07) is 8.01. The first-order chi connectivity index (χ1) is 16.3. The predicted octanol–water partition coefficient (Wildman–Crippen LogP) is 3.08. The Morgan fingerprint density at radius 3 is 2.53 bits per heavy atom. The highest BCUT2D eigenvalue weighted by molar-refractivity contribution is 5.98. The van der Waals surface area contributed by atoms with Gasteiger partial charge in [-0.05, 0) is 45.4 Å².